The van der Waals surface area contributed by atoms with Crippen LogP contribution in [0.1, 0.15) is 26.7 Å². The molecule has 0 aliphatic carbocycles. The third-order valence-corrected chi connectivity index (χ3v) is 4.77. The number of benzene rings is 2. The molecular formula is C19H15N3O2S. The Morgan fingerprint density at radius 1 is 1.08 bits per heavy atom. The van der Waals surface area contributed by atoms with E-state index in [1.165, 1.54) is 11.3 Å². The molecule has 25 heavy (non-hydrogen) atoms. The number of amides is 1. The number of carbonyl (C=O) groups is 1. The van der Waals surface area contributed by atoms with Crippen molar-refractivity contribution in [3.05, 3.63) is 76.5 Å². The number of anilines is 1. The number of nitrogens with one attached hydrogen (secondary N) is 1. The first kappa shape index (κ1) is 15.5. The lowest BCUT2D eigenvalue weighted by molar-refractivity contribution is 0.0998. The van der Waals surface area contributed by atoms with Crippen LogP contribution in [0.2, 0.25) is 0 Å². The highest BCUT2D eigenvalue weighted by Crippen LogP contribution is 2.26. The van der Waals surface area contributed by atoms with Crippen LogP contribution in [0.25, 0.3) is 11.0 Å². The number of rotatable bonds is 4. The first-order valence-electron chi connectivity index (χ1n) is 7.86. The summed E-state index contributed by atoms with van der Waals surface area (Å²) in [6.07, 6.45) is 0.693. The Balaban J connectivity index is 1.52. The van der Waals surface area contributed by atoms with E-state index >= 15 is 0 Å². The van der Waals surface area contributed by atoms with Crippen LogP contribution in [0.15, 0.2) is 59.0 Å². The molecule has 4 aromatic rings. The van der Waals surface area contributed by atoms with Gasteiger partial charge in [0.15, 0.2) is 5.76 Å². The Labute approximate surface area is 148 Å². The third kappa shape index (κ3) is 3.16. The molecule has 0 aliphatic heterocycles. The highest BCUT2D eigenvalue weighted by molar-refractivity contribution is 7.15. The van der Waals surface area contributed by atoms with Crippen molar-refractivity contribution in [1.29, 1.82) is 0 Å². The average molecular weight is 349 g/mol. The highest BCUT2D eigenvalue weighted by atomic mass is 32.1. The smallest absolute Gasteiger partial charge is 0.293 e. The lowest BCUT2D eigenvalue weighted by atomic mass is 10.1. The van der Waals surface area contributed by atoms with Crippen molar-refractivity contribution < 1.29 is 9.21 Å². The summed E-state index contributed by atoms with van der Waals surface area (Å²) in [6.45, 7) is 1.88. The molecule has 4 rings (SSSR count). The third-order valence-electron chi connectivity index (χ3n) is 3.94. The van der Waals surface area contributed by atoms with E-state index in [1.807, 2.05) is 61.5 Å². The second-order valence-corrected chi connectivity index (χ2v) is 6.73. The van der Waals surface area contributed by atoms with E-state index < -0.39 is 0 Å². The molecule has 0 saturated carbocycles. The van der Waals surface area contributed by atoms with Crippen molar-refractivity contribution in [3.63, 3.8) is 0 Å². The Morgan fingerprint density at radius 3 is 2.64 bits per heavy atom. The topological polar surface area (TPSA) is 68.0 Å². The summed E-state index contributed by atoms with van der Waals surface area (Å²) in [5, 5.41) is 13.2. The molecule has 2 aromatic heterocycles. The van der Waals surface area contributed by atoms with Gasteiger partial charge in [0, 0.05) is 17.4 Å². The molecule has 6 heteroatoms. The van der Waals surface area contributed by atoms with Crippen LogP contribution in [-0.2, 0) is 6.42 Å². The molecule has 0 radical (unpaired) electrons. The largest absolute Gasteiger partial charge is 0.451 e. The number of hydrogen-bond donors (Lipinski definition) is 1. The number of fused-ring (bicyclic) bond motifs is 1. The van der Waals surface area contributed by atoms with Gasteiger partial charge in [0.05, 0.1) is 0 Å². The SMILES string of the molecule is Cc1c(C(=O)Nc2nnc(Cc3ccccc3)s2)oc2ccccc12. The van der Waals surface area contributed by atoms with Crippen LogP contribution in [0.3, 0.4) is 0 Å². The van der Waals surface area contributed by atoms with Crippen LogP contribution < -0.4 is 5.32 Å². The van der Waals surface area contributed by atoms with E-state index in [4.69, 9.17) is 4.42 Å². The van der Waals surface area contributed by atoms with Crippen molar-refractivity contribution in [2.75, 3.05) is 5.32 Å². The van der Waals surface area contributed by atoms with Gasteiger partial charge in [0.25, 0.3) is 5.91 Å². The lowest BCUT2D eigenvalue weighted by Crippen LogP contribution is -2.11. The molecule has 2 aromatic carbocycles. The van der Waals surface area contributed by atoms with E-state index in [0.717, 1.165) is 21.5 Å². The normalized spacial score (nSPS) is 10.9. The zero-order valence-electron chi connectivity index (χ0n) is 13.5. The van der Waals surface area contributed by atoms with Crippen LogP contribution in [-0.4, -0.2) is 16.1 Å². The molecule has 124 valence electrons. The maximum absolute atomic E-state index is 12.5. The summed E-state index contributed by atoms with van der Waals surface area (Å²) in [5.74, 6) is -0.00267. The summed E-state index contributed by atoms with van der Waals surface area (Å²) in [5.41, 5.74) is 2.68. The van der Waals surface area contributed by atoms with Crippen LogP contribution in [0.4, 0.5) is 5.13 Å². The van der Waals surface area contributed by atoms with Gasteiger partial charge in [-0.3, -0.25) is 10.1 Å². The van der Waals surface area contributed by atoms with Crippen molar-refractivity contribution in [3.8, 4) is 0 Å². The molecule has 0 unspecified atom stereocenters. The second-order valence-electron chi connectivity index (χ2n) is 5.67. The number of para-hydroxylation sites is 1. The van der Waals surface area contributed by atoms with Gasteiger partial charge in [0.2, 0.25) is 5.13 Å². The number of aryl methyl sites for hydroxylation is 1. The van der Waals surface area contributed by atoms with Crippen LogP contribution in [0.5, 0.6) is 0 Å². The Bertz CT molecular complexity index is 1040. The van der Waals surface area contributed by atoms with Gasteiger partial charge in [-0.1, -0.05) is 59.9 Å². The summed E-state index contributed by atoms with van der Waals surface area (Å²) < 4.78 is 5.68. The van der Waals surface area contributed by atoms with Crippen molar-refractivity contribution >= 4 is 33.3 Å². The fourth-order valence-corrected chi connectivity index (χ4v) is 3.46. The minimum absolute atomic E-state index is 0.306. The van der Waals surface area contributed by atoms with E-state index in [-0.39, 0.29) is 5.91 Å². The van der Waals surface area contributed by atoms with Gasteiger partial charge < -0.3 is 4.42 Å². The van der Waals surface area contributed by atoms with E-state index in [1.54, 1.807) is 0 Å². The minimum Gasteiger partial charge on any atom is -0.451 e. The van der Waals surface area contributed by atoms with E-state index in [2.05, 4.69) is 15.5 Å². The Morgan fingerprint density at radius 2 is 1.84 bits per heavy atom. The molecule has 0 spiro atoms. The number of aromatic nitrogens is 2. The summed E-state index contributed by atoms with van der Waals surface area (Å²) in [4.78, 5) is 12.5. The molecule has 1 amide bonds. The maximum Gasteiger partial charge on any atom is 0.293 e. The van der Waals surface area contributed by atoms with Gasteiger partial charge in [-0.25, -0.2) is 0 Å². The Hall–Kier alpha value is -2.99. The molecule has 5 nitrogen and oxygen atoms in total. The van der Waals surface area contributed by atoms with Gasteiger partial charge in [-0.2, -0.15) is 0 Å². The molecule has 0 atom stereocenters. The number of hydrogen-bond acceptors (Lipinski definition) is 5. The first-order chi connectivity index (χ1) is 12.2. The minimum atomic E-state index is -0.309. The predicted molar refractivity (Wildman–Crippen MR) is 98.1 cm³/mol. The molecule has 0 saturated heterocycles. The highest BCUT2D eigenvalue weighted by Gasteiger charge is 2.19. The quantitative estimate of drug-likeness (QED) is 0.591. The van der Waals surface area contributed by atoms with Gasteiger partial charge in [-0.05, 0) is 18.6 Å². The summed E-state index contributed by atoms with van der Waals surface area (Å²) in [7, 11) is 0. The second kappa shape index (κ2) is 6.49. The Kier molecular flexibility index (Phi) is 4.03. The summed E-state index contributed by atoms with van der Waals surface area (Å²) in [6, 6.07) is 17.6. The zero-order valence-corrected chi connectivity index (χ0v) is 14.3. The fourth-order valence-electron chi connectivity index (χ4n) is 2.69. The van der Waals surface area contributed by atoms with E-state index in [0.29, 0.717) is 22.9 Å². The monoisotopic (exact) mass is 349 g/mol. The average Bonchev–Trinajstić information content (AvgIpc) is 3.20. The number of furan rings is 1. The molecule has 0 fully saturated rings. The standard InChI is InChI=1S/C19H15N3O2S/c1-12-14-9-5-6-10-15(14)24-17(12)18(23)20-19-22-21-16(25-19)11-13-7-3-2-4-8-13/h2-10H,11H2,1H3,(H,20,22,23). The predicted octanol–water partition coefficient (Wildman–Crippen LogP) is 4.44. The lowest BCUT2D eigenvalue weighted by Gasteiger charge is -1.98. The molecule has 0 bridgehead atoms. The van der Waals surface area contributed by atoms with Crippen LogP contribution in [0, 0.1) is 6.92 Å². The van der Waals surface area contributed by atoms with Gasteiger partial charge >= 0.3 is 0 Å². The fraction of sp³-hybridized carbons (Fsp3) is 0.105. The molecular weight excluding hydrogens is 334 g/mol. The maximum atomic E-state index is 12.5. The molecule has 2 heterocycles. The van der Waals surface area contributed by atoms with Crippen molar-refractivity contribution in [2.45, 2.75) is 13.3 Å². The zero-order chi connectivity index (χ0) is 17.2. The van der Waals surface area contributed by atoms with E-state index in [9.17, 15) is 4.79 Å². The molecule has 1 N–H and O–H groups in total. The van der Waals surface area contributed by atoms with Gasteiger partial charge in [0.1, 0.15) is 10.6 Å². The van der Waals surface area contributed by atoms with Crippen molar-refractivity contribution in [1.82, 2.24) is 10.2 Å². The van der Waals surface area contributed by atoms with Crippen molar-refractivity contribution in [2.24, 2.45) is 0 Å². The first-order valence-corrected chi connectivity index (χ1v) is 8.68. The number of carbonyl (C=O) groups excluding carboxylic acids is 1. The van der Waals surface area contributed by atoms with Gasteiger partial charge in [-0.15, -0.1) is 10.2 Å². The van der Waals surface area contributed by atoms with Crippen LogP contribution >= 0.6 is 11.3 Å². The summed E-state index contributed by atoms with van der Waals surface area (Å²) >= 11 is 1.37. The molecule has 0 aliphatic rings. The number of nitrogens with zero attached hydrogens (tertiary/aromatic N) is 2.